The van der Waals surface area contributed by atoms with Crippen molar-refractivity contribution in [1.82, 2.24) is 9.55 Å². The monoisotopic (exact) mass is 497 g/mol. The van der Waals surface area contributed by atoms with Gasteiger partial charge in [0.2, 0.25) is 10.0 Å². The van der Waals surface area contributed by atoms with Crippen LogP contribution < -0.4 is 9.86 Å². The molecule has 0 unspecified atom stereocenters. The van der Waals surface area contributed by atoms with E-state index in [-0.39, 0.29) is 23.7 Å². The lowest BCUT2D eigenvalue weighted by Gasteiger charge is -2.29. The van der Waals surface area contributed by atoms with Gasteiger partial charge < -0.3 is 0 Å². The maximum absolute atomic E-state index is 13.3. The first-order valence-electron chi connectivity index (χ1n) is 10.6. The van der Waals surface area contributed by atoms with E-state index in [0.717, 1.165) is 5.56 Å². The van der Waals surface area contributed by atoms with Gasteiger partial charge in [0, 0.05) is 23.1 Å². The number of thiophene rings is 1. The summed E-state index contributed by atoms with van der Waals surface area (Å²) in [6.45, 7) is 0.215. The Morgan fingerprint density at radius 3 is 2.68 bits per heavy atom. The molecule has 34 heavy (non-hydrogen) atoms. The van der Waals surface area contributed by atoms with Gasteiger partial charge in [-0.15, -0.1) is 11.3 Å². The summed E-state index contributed by atoms with van der Waals surface area (Å²) >= 11 is 1.31. The molecule has 0 fully saturated rings. The Balaban J connectivity index is 1.47. The zero-order valence-electron chi connectivity index (χ0n) is 18.2. The number of ketones is 1. The summed E-state index contributed by atoms with van der Waals surface area (Å²) in [4.78, 5) is 31.2. The molecule has 3 heterocycles. The van der Waals surface area contributed by atoms with Gasteiger partial charge >= 0.3 is 0 Å². The molecule has 1 aliphatic heterocycles. The lowest BCUT2D eigenvalue weighted by molar-refractivity contribution is 0.0970. The van der Waals surface area contributed by atoms with E-state index in [1.165, 1.54) is 44.9 Å². The standard InChI is InChI=1S/C24H20FN3O4S2/c1-34(31,32)28-10-2-3-16-11-17(6-9-20(16)28)21(29)12-27-14-26-23-22(24(27)30)19(13-33-23)15-4-7-18(25)8-5-15/h4-9,11,13-14H,2-3,10,12H2,1H3. The minimum Gasteiger partial charge on any atom is -0.292 e. The lowest BCUT2D eigenvalue weighted by Crippen LogP contribution is -2.34. The van der Waals surface area contributed by atoms with Gasteiger partial charge in [-0.1, -0.05) is 12.1 Å². The van der Waals surface area contributed by atoms with Crippen molar-refractivity contribution < 1.29 is 17.6 Å². The molecule has 174 valence electrons. The van der Waals surface area contributed by atoms with Crippen molar-refractivity contribution in [3.63, 3.8) is 0 Å². The number of aromatic nitrogens is 2. The van der Waals surface area contributed by atoms with Crippen LogP contribution in [0.3, 0.4) is 0 Å². The second-order valence-corrected chi connectivity index (χ2v) is 11.0. The first-order valence-corrected chi connectivity index (χ1v) is 13.3. The predicted octanol–water partition coefficient (Wildman–Crippen LogP) is 3.86. The van der Waals surface area contributed by atoms with Gasteiger partial charge in [0.05, 0.1) is 30.2 Å². The van der Waals surface area contributed by atoms with E-state index in [1.807, 2.05) is 0 Å². The average molecular weight is 498 g/mol. The molecule has 0 N–H and O–H groups in total. The smallest absolute Gasteiger partial charge is 0.263 e. The first kappa shape index (κ1) is 22.4. The minimum absolute atomic E-state index is 0.199. The quantitative estimate of drug-likeness (QED) is 0.391. The number of carbonyl (C=O) groups excluding carboxylic acids is 1. The lowest BCUT2D eigenvalue weighted by atomic mass is 9.99. The highest BCUT2D eigenvalue weighted by molar-refractivity contribution is 7.92. The number of hydrogen-bond donors (Lipinski definition) is 0. The molecule has 0 amide bonds. The maximum atomic E-state index is 13.3. The molecule has 1 aliphatic rings. The second-order valence-electron chi connectivity index (χ2n) is 8.22. The molecule has 0 saturated heterocycles. The van der Waals surface area contributed by atoms with Gasteiger partial charge in [-0.2, -0.15) is 0 Å². The zero-order chi connectivity index (χ0) is 24.0. The number of fused-ring (bicyclic) bond motifs is 2. The van der Waals surface area contributed by atoms with Gasteiger partial charge in [0.25, 0.3) is 5.56 Å². The van der Waals surface area contributed by atoms with Crippen LogP contribution in [0, 0.1) is 5.82 Å². The van der Waals surface area contributed by atoms with Crippen molar-refractivity contribution in [2.75, 3.05) is 17.1 Å². The Hall–Kier alpha value is -3.37. The number of rotatable bonds is 5. The summed E-state index contributed by atoms with van der Waals surface area (Å²) in [5, 5.41) is 2.19. The molecule has 2 aromatic heterocycles. The van der Waals surface area contributed by atoms with Gasteiger partial charge in [0.15, 0.2) is 5.78 Å². The van der Waals surface area contributed by atoms with Gasteiger partial charge in [-0.05, 0) is 54.3 Å². The number of aryl methyl sites for hydroxylation is 1. The van der Waals surface area contributed by atoms with E-state index in [4.69, 9.17) is 0 Å². The number of sulfonamides is 1. The SMILES string of the molecule is CS(=O)(=O)N1CCCc2cc(C(=O)Cn3cnc4scc(-c5ccc(F)cc5)c4c3=O)ccc21. The zero-order valence-corrected chi connectivity index (χ0v) is 19.8. The van der Waals surface area contributed by atoms with E-state index in [9.17, 15) is 22.4 Å². The number of hydrogen-bond acceptors (Lipinski definition) is 6. The molecule has 0 saturated carbocycles. The van der Waals surface area contributed by atoms with Crippen LogP contribution in [0.15, 0.2) is 59.0 Å². The van der Waals surface area contributed by atoms with Crippen LogP contribution in [0.5, 0.6) is 0 Å². The number of halogens is 1. The fraction of sp³-hybridized carbons (Fsp3) is 0.208. The molecule has 2 aromatic carbocycles. The number of carbonyl (C=O) groups is 1. The number of Topliss-reactive ketones (excluding diaryl/α,β-unsaturated/α-hetero) is 1. The van der Waals surface area contributed by atoms with E-state index < -0.39 is 10.0 Å². The molecular weight excluding hydrogens is 477 g/mol. The van der Waals surface area contributed by atoms with E-state index in [2.05, 4.69) is 4.98 Å². The number of benzene rings is 2. The largest absolute Gasteiger partial charge is 0.292 e. The van der Waals surface area contributed by atoms with Gasteiger partial charge in [-0.25, -0.2) is 17.8 Å². The Morgan fingerprint density at radius 2 is 1.94 bits per heavy atom. The summed E-state index contributed by atoms with van der Waals surface area (Å²) in [6.07, 6.45) is 3.87. The third-order valence-corrected chi connectivity index (χ3v) is 7.97. The maximum Gasteiger partial charge on any atom is 0.263 e. The molecule has 4 aromatic rings. The Bertz CT molecular complexity index is 1590. The molecule has 0 radical (unpaired) electrons. The van der Waals surface area contributed by atoms with Crippen LogP contribution in [0.1, 0.15) is 22.3 Å². The fourth-order valence-electron chi connectivity index (χ4n) is 4.25. The van der Waals surface area contributed by atoms with Crippen LogP contribution in [0.4, 0.5) is 10.1 Å². The molecule has 10 heteroatoms. The highest BCUT2D eigenvalue weighted by Crippen LogP contribution is 2.31. The molecule has 0 aliphatic carbocycles. The number of anilines is 1. The summed E-state index contributed by atoms with van der Waals surface area (Å²) in [6, 6.07) is 10.8. The minimum atomic E-state index is -3.40. The highest BCUT2D eigenvalue weighted by atomic mass is 32.2. The average Bonchev–Trinajstić information content (AvgIpc) is 3.25. The Morgan fingerprint density at radius 1 is 1.18 bits per heavy atom. The van der Waals surface area contributed by atoms with Crippen molar-refractivity contribution >= 4 is 43.0 Å². The topological polar surface area (TPSA) is 89.3 Å². The summed E-state index contributed by atoms with van der Waals surface area (Å²) in [5.41, 5.74) is 2.78. The van der Waals surface area contributed by atoms with E-state index in [1.54, 1.807) is 35.7 Å². The summed E-state index contributed by atoms with van der Waals surface area (Å²) < 4.78 is 40.1. The third kappa shape index (κ3) is 4.03. The third-order valence-electron chi connectivity index (χ3n) is 5.91. The predicted molar refractivity (Wildman–Crippen MR) is 131 cm³/mol. The van der Waals surface area contributed by atoms with Crippen LogP contribution in [-0.2, 0) is 23.0 Å². The summed E-state index contributed by atoms with van der Waals surface area (Å²) in [7, 11) is -3.40. The Kier molecular flexibility index (Phi) is 5.57. The van der Waals surface area contributed by atoms with Crippen LogP contribution in [-0.4, -0.2) is 36.6 Å². The van der Waals surface area contributed by atoms with Crippen LogP contribution >= 0.6 is 11.3 Å². The van der Waals surface area contributed by atoms with Gasteiger partial charge in [0.1, 0.15) is 10.6 Å². The number of nitrogens with zero attached hydrogens (tertiary/aromatic N) is 3. The van der Waals surface area contributed by atoms with Crippen molar-refractivity contribution in [3.05, 3.63) is 81.5 Å². The van der Waals surface area contributed by atoms with Crippen molar-refractivity contribution in [2.24, 2.45) is 0 Å². The van der Waals surface area contributed by atoms with Crippen molar-refractivity contribution in [2.45, 2.75) is 19.4 Å². The van der Waals surface area contributed by atoms with Crippen LogP contribution in [0.2, 0.25) is 0 Å². The first-order chi connectivity index (χ1) is 16.2. The van der Waals surface area contributed by atoms with E-state index in [0.29, 0.717) is 52.0 Å². The van der Waals surface area contributed by atoms with Crippen molar-refractivity contribution in [1.29, 1.82) is 0 Å². The van der Waals surface area contributed by atoms with Gasteiger partial charge in [-0.3, -0.25) is 18.5 Å². The highest BCUT2D eigenvalue weighted by Gasteiger charge is 2.25. The Labute approximate surface area is 199 Å². The fourth-order valence-corrected chi connectivity index (χ4v) is 6.15. The molecule has 0 spiro atoms. The van der Waals surface area contributed by atoms with Crippen molar-refractivity contribution in [3.8, 4) is 11.1 Å². The van der Waals surface area contributed by atoms with Crippen LogP contribution in [0.25, 0.3) is 21.3 Å². The second kappa shape index (κ2) is 8.44. The van der Waals surface area contributed by atoms with E-state index >= 15 is 0 Å². The normalized spacial score (nSPS) is 13.8. The molecule has 0 bridgehead atoms. The molecule has 7 nitrogen and oxygen atoms in total. The summed E-state index contributed by atoms with van der Waals surface area (Å²) in [5.74, 6) is -0.643. The molecule has 0 atom stereocenters. The molecular formula is C24H20FN3O4S2. The molecule has 5 rings (SSSR count).